The third-order valence-corrected chi connectivity index (χ3v) is 5.53. The fraction of sp³-hybridized carbons (Fsp3) is 0.292. The molecule has 1 unspecified atom stereocenters. The van der Waals surface area contributed by atoms with Gasteiger partial charge in [0.05, 0.1) is 23.7 Å². The van der Waals surface area contributed by atoms with Gasteiger partial charge in [-0.05, 0) is 47.4 Å². The molecule has 1 aliphatic heterocycles. The summed E-state index contributed by atoms with van der Waals surface area (Å²) in [6, 6.07) is 11.5. The molecule has 0 N–H and O–H groups in total. The van der Waals surface area contributed by atoms with E-state index in [-0.39, 0.29) is 24.4 Å². The lowest BCUT2D eigenvalue weighted by Gasteiger charge is -2.31. The molecule has 4 rings (SSSR count). The standard InChI is InChI=1S/C24H22F3N3O2/c1-15(2)20-14-32-21-9-6-17(16-4-7-18(8-5-16)24(25,26)27)12-19(21)23(31)30(20)13-22-28-10-3-11-29-22/h3-12,15,20H,13-14H2,1-2H3. The molecule has 1 atom stereocenters. The summed E-state index contributed by atoms with van der Waals surface area (Å²) >= 11 is 0. The van der Waals surface area contributed by atoms with Crippen LogP contribution in [0.5, 0.6) is 5.75 Å². The monoisotopic (exact) mass is 441 g/mol. The average molecular weight is 441 g/mol. The molecule has 2 aromatic carbocycles. The normalized spacial score (nSPS) is 16.5. The van der Waals surface area contributed by atoms with Gasteiger partial charge in [-0.1, -0.05) is 32.0 Å². The molecule has 1 aliphatic rings. The first-order valence-corrected chi connectivity index (χ1v) is 10.3. The molecule has 1 aromatic heterocycles. The molecule has 5 nitrogen and oxygen atoms in total. The van der Waals surface area contributed by atoms with Gasteiger partial charge in [-0.2, -0.15) is 13.2 Å². The molecule has 3 aromatic rings. The summed E-state index contributed by atoms with van der Waals surface area (Å²) in [6.07, 6.45) is -1.15. The number of amides is 1. The van der Waals surface area contributed by atoms with Crippen molar-refractivity contribution in [1.82, 2.24) is 14.9 Å². The van der Waals surface area contributed by atoms with Gasteiger partial charge in [0, 0.05) is 12.4 Å². The maximum absolute atomic E-state index is 13.6. The highest BCUT2D eigenvalue weighted by Crippen LogP contribution is 2.34. The van der Waals surface area contributed by atoms with Gasteiger partial charge in [-0.25, -0.2) is 9.97 Å². The van der Waals surface area contributed by atoms with E-state index >= 15 is 0 Å². The highest BCUT2D eigenvalue weighted by Gasteiger charge is 2.34. The number of nitrogens with zero attached hydrogens (tertiary/aromatic N) is 3. The molecule has 1 amide bonds. The van der Waals surface area contributed by atoms with E-state index in [2.05, 4.69) is 9.97 Å². The number of halogens is 3. The Morgan fingerprint density at radius 2 is 1.72 bits per heavy atom. The Bertz CT molecular complexity index is 1100. The van der Waals surface area contributed by atoms with Gasteiger partial charge in [-0.15, -0.1) is 0 Å². The highest BCUT2D eigenvalue weighted by atomic mass is 19.4. The molecular weight excluding hydrogens is 419 g/mol. The van der Waals surface area contributed by atoms with E-state index in [0.29, 0.717) is 34.9 Å². The first-order valence-electron chi connectivity index (χ1n) is 10.3. The summed E-state index contributed by atoms with van der Waals surface area (Å²) in [4.78, 5) is 23.8. The van der Waals surface area contributed by atoms with Crippen LogP contribution in [0.1, 0.15) is 35.6 Å². The van der Waals surface area contributed by atoms with Crippen molar-refractivity contribution in [3.63, 3.8) is 0 Å². The number of fused-ring (bicyclic) bond motifs is 1. The van der Waals surface area contributed by atoms with Gasteiger partial charge in [-0.3, -0.25) is 4.79 Å². The summed E-state index contributed by atoms with van der Waals surface area (Å²) in [6.45, 7) is 4.59. The number of hydrogen-bond acceptors (Lipinski definition) is 4. The lowest BCUT2D eigenvalue weighted by molar-refractivity contribution is -0.137. The second-order valence-electron chi connectivity index (χ2n) is 8.01. The predicted octanol–water partition coefficient (Wildman–Crippen LogP) is 5.22. The minimum Gasteiger partial charge on any atom is -0.491 e. The van der Waals surface area contributed by atoms with Crippen LogP contribution in [0.3, 0.4) is 0 Å². The predicted molar refractivity (Wildman–Crippen MR) is 113 cm³/mol. The number of carbonyl (C=O) groups excluding carboxylic acids is 1. The number of benzene rings is 2. The zero-order valence-corrected chi connectivity index (χ0v) is 17.6. The van der Waals surface area contributed by atoms with Crippen LogP contribution in [0.2, 0.25) is 0 Å². The first kappa shape index (κ1) is 21.8. The minimum absolute atomic E-state index is 0.131. The zero-order chi connectivity index (χ0) is 22.9. The maximum Gasteiger partial charge on any atom is 0.416 e. The second-order valence-corrected chi connectivity index (χ2v) is 8.01. The smallest absolute Gasteiger partial charge is 0.416 e. The van der Waals surface area contributed by atoms with Crippen LogP contribution >= 0.6 is 0 Å². The summed E-state index contributed by atoms with van der Waals surface area (Å²) in [5.41, 5.74) is 0.857. The Kier molecular flexibility index (Phi) is 5.86. The molecule has 0 bridgehead atoms. The van der Waals surface area contributed by atoms with Crippen molar-refractivity contribution >= 4 is 5.91 Å². The number of hydrogen-bond donors (Lipinski definition) is 0. The summed E-state index contributed by atoms with van der Waals surface area (Å²) in [5.74, 6) is 0.880. The Morgan fingerprint density at radius 3 is 2.34 bits per heavy atom. The first-order chi connectivity index (χ1) is 15.2. The van der Waals surface area contributed by atoms with Crippen molar-refractivity contribution in [2.75, 3.05) is 6.61 Å². The van der Waals surface area contributed by atoms with E-state index in [1.54, 1.807) is 41.6 Å². The van der Waals surface area contributed by atoms with E-state index in [9.17, 15) is 18.0 Å². The molecule has 0 saturated carbocycles. The van der Waals surface area contributed by atoms with Crippen molar-refractivity contribution in [3.05, 3.63) is 77.9 Å². The number of aromatic nitrogens is 2. The molecule has 0 spiro atoms. The van der Waals surface area contributed by atoms with Crippen molar-refractivity contribution in [3.8, 4) is 16.9 Å². The van der Waals surface area contributed by atoms with Gasteiger partial charge in [0.1, 0.15) is 18.2 Å². The Balaban J connectivity index is 1.70. The second kappa shape index (κ2) is 8.61. The van der Waals surface area contributed by atoms with Crippen LogP contribution in [0.25, 0.3) is 11.1 Å². The van der Waals surface area contributed by atoms with Gasteiger partial charge in [0.15, 0.2) is 0 Å². The largest absolute Gasteiger partial charge is 0.491 e. The van der Waals surface area contributed by atoms with Crippen molar-refractivity contribution in [1.29, 1.82) is 0 Å². The van der Waals surface area contributed by atoms with Crippen LogP contribution in [0.4, 0.5) is 13.2 Å². The fourth-order valence-corrected chi connectivity index (χ4v) is 3.73. The van der Waals surface area contributed by atoms with Gasteiger partial charge in [0.2, 0.25) is 0 Å². The number of rotatable bonds is 4. The Labute approximate surface area is 183 Å². The third kappa shape index (κ3) is 4.44. The van der Waals surface area contributed by atoms with E-state index in [0.717, 1.165) is 12.1 Å². The molecule has 166 valence electrons. The lowest BCUT2D eigenvalue weighted by Crippen LogP contribution is -2.44. The van der Waals surface area contributed by atoms with E-state index < -0.39 is 11.7 Å². The lowest BCUT2D eigenvalue weighted by atomic mass is 9.99. The van der Waals surface area contributed by atoms with Crippen LogP contribution in [-0.4, -0.2) is 33.4 Å². The number of alkyl halides is 3. The molecule has 0 saturated heterocycles. The third-order valence-electron chi connectivity index (χ3n) is 5.53. The quantitative estimate of drug-likeness (QED) is 0.557. The molecule has 0 aliphatic carbocycles. The molecule has 8 heteroatoms. The molecular formula is C24H22F3N3O2. The van der Waals surface area contributed by atoms with Crippen molar-refractivity contribution in [2.24, 2.45) is 5.92 Å². The van der Waals surface area contributed by atoms with Gasteiger partial charge < -0.3 is 9.64 Å². The molecule has 32 heavy (non-hydrogen) atoms. The van der Waals surface area contributed by atoms with Gasteiger partial charge >= 0.3 is 6.18 Å². The fourth-order valence-electron chi connectivity index (χ4n) is 3.73. The van der Waals surface area contributed by atoms with Crippen molar-refractivity contribution in [2.45, 2.75) is 32.6 Å². The Morgan fingerprint density at radius 1 is 1.06 bits per heavy atom. The van der Waals surface area contributed by atoms with Crippen LogP contribution < -0.4 is 4.74 Å². The number of carbonyl (C=O) groups is 1. The van der Waals surface area contributed by atoms with E-state index in [1.807, 2.05) is 13.8 Å². The zero-order valence-electron chi connectivity index (χ0n) is 17.6. The molecule has 0 fully saturated rings. The summed E-state index contributed by atoms with van der Waals surface area (Å²) < 4.78 is 44.6. The SMILES string of the molecule is CC(C)C1COc2ccc(-c3ccc(C(F)(F)F)cc3)cc2C(=O)N1Cc1ncccn1. The van der Waals surface area contributed by atoms with Crippen molar-refractivity contribution < 1.29 is 22.7 Å². The molecule has 2 heterocycles. The highest BCUT2D eigenvalue weighted by molar-refractivity contribution is 5.98. The van der Waals surface area contributed by atoms with Crippen LogP contribution in [0, 0.1) is 5.92 Å². The van der Waals surface area contributed by atoms with Crippen LogP contribution in [0.15, 0.2) is 60.9 Å². The topological polar surface area (TPSA) is 55.3 Å². The summed E-state index contributed by atoms with van der Waals surface area (Å²) in [7, 11) is 0. The Hall–Kier alpha value is -3.42. The maximum atomic E-state index is 13.6. The van der Waals surface area contributed by atoms with Crippen LogP contribution in [-0.2, 0) is 12.7 Å². The van der Waals surface area contributed by atoms with Gasteiger partial charge in [0.25, 0.3) is 5.91 Å². The summed E-state index contributed by atoms with van der Waals surface area (Å²) in [5, 5.41) is 0. The number of ether oxygens (including phenoxy) is 1. The van der Waals surface area contributed by atoms with E-state index in [1.165, 1.54) is 12.1 Å². The average Bonchev–Trinajstić information content (AvgIpc) is 2.91. The molecule has 0 radical (unpaired) electrons. The van der Waals surface area contributed by atoms with E-state index in [4.69, 9.17) is 4.74 Å². The minimum atomic E-state index is -4.40.